The molecule has 0 aromatic carbocycles. The summed E-state index contributed by atoms with van der Waals surface area (Å²) in [6, 6.07) is 3.53. The van der Waals surface area contributed by atoms with Crippen LogP contribution in [0.1, 0.15) is 50.4 Å². The number of unbranched alkanes of at least 4 members (excludes halogenated alkanes) is 2. The van der Waals surface area contributed by atoms with Crippen molar-refractivity contribution < 1.29 is 4.79 Å². The molecule has 0 aliphatic heterocycles. The lowest BCUT2D eigenvalue weighted by molar-refractivity contribution is 0.0702. The van der Waals surface area contributed by atoms with Crippen LogP contribution >= 0.6 is 11.6 Å². The first-order valence-electron chi connectivity index (χ1n) is 6.48. The third kappa shape index (κ3) is 4.30. The van der Waals surface area contributed by atoms with E-state index in [1.807, 2.05) is 18.7 Å². The third-order valence-electron chi connectivity index (χ3n) is 2.86. The molecule has 1 heterocycles. The van der Waals surface area contributed by atoms with Crippen molar-refractivity contribution in [3.05, 3.63) is 29.0 Å². The second-order valence-corrected chi connectivity index (χ2v) is 5.05. The largest absolute Gasteiger partial charge is 0.336 e. The predicted octanol–water partition coefficient (Wildman–Crippen LogP) is 3.78. The van der Waals surface area contributed by atoms with Gasteiger partial charge in [-0.05, 0) is 32.4 Å². The van der Waals surface area contributed by atoms with E-state index in [4.69, 9.17) is 11.6 Å². The average Bonchev–Trinajstić information content (AvgIpc) is 2.33. The Balaban J connectivity index is 2.76. The maximum atomic E-state index is 12.4. The maximum absolute atomic E-state index is 12.4. The monoisotopic (exact) mass is 268 g/mol. The summed E-state index contributed by atoms with van der Waals surface area (Å²) < 4.78 is 0. The molecule has 1 rings (SSSR count). The molecular weight excluding hydrogens is 248 g/mol. The Morgan fingerprint density at radius 2 is 2.17 bits per heavy atom. The normalized spacial score (nSPS) is 10.7. The van der Waals surface area contributed by atoms with Gasteiger partial charge in [0.25, 0.3) is 5.91 Å². The van der Waals surface area contributed by atoms with E-state index in [0.29, 0.717) is 10.7 Å². The van der Waals surface area contributed by atoms with Crippen LogP contribution in [0.3, 0.4) is 0 Å². The number of carbonyl (C=O) groups excluding carboxylic acids is 1. The van der Waals surface area contributed by atoms with Gasteiger partial charge in [0.15, 0.2) is 0 Å². The summed E-state index contributed by atoms with van der Waals surface area (Å²) >= 11 is 5.82. The van der Waals surface area contributed by atoms with Crippen molar-refractivity contribution in [1.29, 1.82) is 0 Å². The summed E-state index contributed by atoms with van der Waals surface area (Å²) in [4.78, 5) is 18.2. The van der Waals surface area contributed by atoms with Gasteiger partial charge in [-0.1, -0.05) is 31.4 Å². The first kappa shape index (κ1) is 15.0. The van der Waals surface area contributed by atoms with Gasteiger partial charge in [0, 0.05) is 24.3 Å². The van der Waals surface area contributed by atoms with E-state index in [-0.39, 0.29) is 11.9 Å². The van der Waals surface area contributed by atoms with Crippen molar-refractivity contribution in [2.24, 2.45) is 0 Å². The maximum Gasteiger partial charge on any atom is 0.254 e. The molecule has 0 saturated carbocycles. The molecule has 100 valence electrons. The van der Waals surface area contributed by atoms with Gasteiger partial charge in [0.2, 0.25) is 0 Å². The van der Waals surface area contributed by atoms with Gasteiger partial charge in [-0.2, -0.15) is 0 Å². The van der Waals surface area contributed by atoms with Gasteiger partial charge in [-0.25, -0.2) is 4.98 Å². The highest BCUT2D eigenvalue weighted by molar-refractivity contribution is 6.29. The van der Waals surface area contributed by atoms with Crippen LogP contribution in [0.25, 0.3) is 0 Å². The lowest BCUT2D eigenvalue weighted by Gasteiger charge is -2.27. The molecule has 1 aromatic heterocycles. The molecule has 3 nitrogen and oxygen atoms in total. The Kier molecular flexibility index (Phi) is 6.13. The first-order chi connectivity index (χ1) is 8.56. The lowest BCUT2D eigenvalue weighted by Crippen LogP contribution is -2.37. The van der Waals surface area contributed by atoms with Gasteiger partial charge < -0.3 is 4.90 Å². The molecule has 0 aliphatic rings. The van der Waals surface area contributed by atoms with Crippen molar-refractivity contribution in [1.82, 2.24) is 9.88 Å². The number of carbonyl (C=O) groups is 1. The standard InChI is InChI=1S/C14H21ClN2O/c1-4-5-6-9-17(11(2)3)14(18)12-7-8-16-13(15)10-12/h7-8,10-11H,4-6,9H2,1-3H3. The molecule has 18 heavy (non-hydrogen) atoms. The van der Waals surface area contributed by atoms with Gasteiger partial charge in [0.1, 0.15) is 5.15 Å². The minimum absolute atomic E-state index is 0.0328. The molecule has 0 atom stereocenters. The topological polar surface area (TPSA) is 33.2 Å². The molecule has 0 saturated heterocycles. The van der Waals surface area contributed by atoms with E-state index in [9.17, 15) is 4.79 Å². The molecule has 1 amide bonds. The Morgan fingerprint density at radius 3 is 2.72 bits per heavy atom. The minimum atomic E-state index is 0.0328. The number of nitrogens with zero attached hydrogens (tertiary/aromatic N) is 2. The molecular formula is C14H21ClN2O. The van der Waals surface area contributed by atoms with Crippen molar-refractivity contribution in [2.45, 2.75) is 46.1 Å². The number of hydrogen-bond donors (Lipinski definition) is 0. The second kappa shape index (κ2) is 7.37. The van der Waals surface area contributed by atoms with Crippen molar-refractivity contribution >= 4 is 17.5 Å². The SMILES string of the molecule is CCCCCN(C(=O)c1ccnc(Cl)c1)C(C)C. The molecule has 0 bridgehead atoms. The van der Waals surface area contributed by atoms with Crippen LogP contribution in [0.2, 0.25) is 5.15 Å². The number of pyridine rings is 1. The Bertz CT molecular complexity index is 393. The lowest BCUT2D eigenvalue weighted by atomic mass is 10.1. The molecule has 0 aliphatic carbocycles. The fourth-order valence-electron chi connectivity index (χ4n) is 1.83. The van der Waals surface area contributed by atoms with E-state index < -0.39 is 0 Å². The second-order valence-electron chi connectivity index (χ2n) is 4.67. The van der Waals surface area contributed by atoms with E-state index >= 15 is 0 Å². The number of hydrogen-bond acceptors (Lipinski definition) is 2. The fraction of sp³-hybridized carbons (Fsp3) is 0.571. The summed E-state index contributed by atoms with van der Waals surface area (Å²) in [5.41, 5.74) is 0.611. The fourth-order valence-corrected chi connectivity index (χ4v) is 2.00. The molecule has 0 radical (unpaired) electrons. The van der Waals surface area contributed by atoms with Gasteiger partial charge >= 0.3 is 0 Å². The van der Waals surface area contributed by atoms with Crippen LogP contribution in [0.5, 0.6) is 0 Å². The third-order valence-corrected chi connectivity index (χ3v) is 3.07. The van der Waals surface area contributed by atoms with Crippen molar-refractivity contribution in [2.75, 3.05) is 6.54 Å². The molecule has 4 heteroatoms. The van der Waals surface area contributed by atoms with Crippen molar-refractivity contribution in [3.8, 4) is 0 Å². The number of aromatic nitrogens is 1. The van der Waals surface area contributed by atoms with E-state index in [1.54, 1.807) is 18.3 Å². The van der Waals surface area contributed by atoms with Crippen LogP contribution in [0, 0.1) is 0 Å². The molecule has 0 N–H and O–H groups in total. The average molecular weight is 269 g/mol. The predicted molar refractivity (Wildman–Crippen MR) is 74.9 cm³/mol. The van der Waals surface area contributed by atoms with E-state index in [2.05, 4.69) is 11.9 Å². The summed E-state index contributed by atoms with van der Waals surface area (Å²) in [7, 11) is 0. The summed E-state index contributed by atoms with van der Waals surface area (Å²) in [6.45, 7) is 7.02. The Hall–Kier alpha value is -1.09. The zero-order chi connectivity index (χ0) is 13.5. The number of amides is 1. The van der Waals surface area contributed by atoms with E-state index in [0.717, 1.165) is 25.8 Å². The molecule has 1 aromatic rings. The molecule has 0 unspecified atom stereocenters. The quantitative estimate of drug-likeness (QED) is 0.581. The van der Waals surface area contributed by atoms with Crippen LogP contribution in [0.4, 0.5) is 0 Å². The van der Waals surface area contributed by atoms with Crippen LogP contribution in [-0.2, 0) is 0 Å². The van der Waals surface area contributed by atoms with Crippen LogP contribution < -0.4 is 0 Å². The highest BCUT2D eigenvalue weighted by Crippen LogP contribution is 2.13. The summed E-state index contributed by atoms with van der Waals surface area (Å²) in [6.07, 6.45) is 4.91. The summed E-state index contributed by atoms with van der Waals surface area (Å²) in [5.74, 6) is 0.0328. The number of halogens is 1. The van der Waals surface area contributed by atoms with Crippen molar-refractivity contribution in [3.63, 3.8) is 0 Å². The van der Waals surface area contributed by atoms with Crippen LogP contribution in [-0.4, -0.2) is 28.4 Å². The van der Waals surface area contributed by atoms with Gasteiger partial charge in [-0.3, -0.25) is 4.79 Å². The molecule has 0 spiro atoms. The Labute approximate surface area is 114 Å². The smallest absolute Gasteiger partial charge is 0.254 e. The zero-order valence-corrected chi connectivity index (χ0v) is 12.1. The van der Waals surface area contributed by atoms with Crippen LogP contribution in [0.15, 0.2) is 18.3 Å². The number of rotatable bonds is 6. The highest BCUT2D eigenvalue weighted by Gasteiger charge is 2.18. The summed E-state index contributed by atoms with van der Waals surface area (Å²) in [5, 5.41) is 0.359. The van der Waals surface area contributed by atoms with Gasteiger partial charge in [-0.15, -0.1) is 0 Å². The zero-order valence-electron chi connectivity index (χ0n) is 11.3. The van der Waals surface area contributed by atoms with E-state index in [1.165, 1.54) is 0 Å². The Morgan fingerprint density at radius 1 is 1.44 bits per heavy atom. The highest BCUT2D eigenvalue weighted by atomic mass is 35.5. The minimum Gasteiger partial charge on any atom is -0.336 e. The first-order valence-corrected chi connectivity index (χ1v) is 6.86. The molecule has 0 fully saturated rings. The van der Waals surface area contributed by atoms with Gasteiger partial charge in [0.05, 0.1) is 0 Å².